The minimum atomic E-state index is -1.03. The summed E-state index contributed by atoms with van der Waals surface area (Å²) in [5.74, 6) is -1.59. The van der Waals surface area contributed by atoms with E-state index in [1.807, 2.05) is 0 Å². The smallest absolute Gasteiger partial charge is 0.328 e. The molecule has 2 amide bonds. The van der Waals surface area contributed by atoms with Crippen LogP contribution in [0, 0.1) is 5.41 Å². The summed E-state index contributed by atoms with van der Waals surface area (Å²) in [7, 11) is 0. The van der Waals surface area contributed by atoms with Gasteiger partial charge in [-0.05, 0) is 25.5 Å². The number of likely N-dealkylation sites (tertiary alicyclic amines) is 1. The van der Waals surface area contributed by atoms with Crippen LogP contribution < -0.4 is 5.73 Å². The Morgan fingerprint density at radius 1 is 1.48 bits per heavy atom. The molecule has 1 unspecified atom stereocenters. The van der Waals surface area contributed by atoms with Gasteiger partial charge in [-0.15, -0.1) is 11.3 Å². The molecule has 1 atom stereocenters. The number of primary amides is 1. The number of carbonyl (C=O) groups excluding carboxylic acids is 2. The largest absolute Gasteiger partial charge is 0.478 e. The van der Waals surface area contributed by atoms with Crippen LogP contribution in [0.15, 0.2) is 17.5 Å². The van der Waals surface area contributed by atoms with Gasteiger partial charge in [0, 0.05) is 29.4 Å². The van der Waals surface area contributed by atoms with E-state index in [0.29, 0.717) is 30.0 Å². The third kappa shape index (κ3) is 3.30. The van der Waals surface area contributed by atoms with Gasteiger partial charge in [-0.25, -0.2) is 4.79 Å². The number of carboxylic acid groups (broad SMARTS) is 1. The van der Waals surface area contributed by atoms with Gasteiger partial charge in [0.25, 0.3) is 5.91 Å². The Balaban J connectivity index is 2.08. The average molecular weight is 308 g/mol. The van der Waals surface area contributed by atoms with Gasteiger partial charge in [0.1, 0.15) is 0 Å². The summed E-state index contributed by atoms with van der Waals surface area (Å²) in [4.78, 5) is 36.5. The molecule has 1 aliphatic rings. The van der Waals surface area contributed by atoms with E-state index in [-0.39, 0.29) is 5.91 Å². The molecule has 1 aromatic heterocycles. The first-order valence-corrected chi connectivity index (χ1v) is 7.28. The average Bonchev–Trinajstić information content (AvgIpc) is 3.03. The lowest BCUT2D eigenvalue weighted by atomic mass is 9.89. The highest BCUT2D eigenvalue weighted by Crippen LogP contribution is 2.31. The van der Waals surface area contributed by atoms with Gasteiger partial charge in [0.2, 0.25) is 5.91 Å². The van der Waals surface area contributed by atoms with E-state index < -0.39 is 17.3 Å². The van der Waals surface area contributed by atoms with Crippen LogP contribution in [0.5, 0.6) is 0 Å². The fourth-order valence-corrected chi connectivity index (χ4v) is 3.00. The summed E-state index contributed by atoms with van der Waals surface area (Å²) in [6, 6.07) is 1.65. The van der Waals surface area contributed by atoms with E-state index in [2.05, 4.69) is 0 Å². The molecule has 1 aliphatic heterocycles. The van der Waals surface area contributed by atoms with E-state index in [9.17, 15) is 14.4 Å². The summed E-state index contributed by atoms with van der Waals surface area (Å²) in [5.41, 5.74) is 5.20. The van der Waals surface area contributed by atoms with E-state index >= 15 is 0 Å². The molecule has 0 aromatic carbocycles. The lowest BCUT2D eigenvalue weighted by Crippen LogP contribution is -2.38. The summed E-state index contributed by atoms with van der Waals surface area (Å²) >= 11 is 1.30. The van der Waals surface area contributed by atoms with Crippen molar-refractivity contribution >= 4 is 35.2 Å². The van der Waals surface area contributed by atoms with E-state index in [1.165, 1.54) is 17.4 Å². The molecule has 1 fully saturated rings. The standard InChI is InChI=1S/C14H16N2O4S/c1-14(13(15)20)4-5-16(8-14)12(19)9-6-10(21-7-9)2-3-11(17)18/h2-3,6-7H,4-5,8H2,1H3,(H2,15,20)(H,17,18)/b3-2+. The maximum Gasteiger partial charge on any atom is 0.328 e. The van der Waals surface area contributed by atoms with Crippen LogP contribution in [-0.4, -0.2) is 40.9 Å². The van der Waals surface area contributed by atoms with Crippen LogP contribution in [0.2, 0.25) is 0 Å². The maximum absolute atomic E-state index is 12.3. The number of amides is 2. The van der Waals surface area contributed by atoms with Crippen LogP contribution >= 0.6 is 11.3 Å². The molecule has 7 heteroatoms. The van der Waals surface area contributed by atoms with E-state index in [4.69, 9.17) is 10.8 Å². The Morgan fingerprint density at radius 3 is 2.76 bits per heavy atom. The van der Waals surface area contributed by atoms with Crippen molar-refractivity contribution < 1.29 is 19.5 Å². The van der Waals surface area contributed by atoms with Crippen molar-refractivity contribution in [1.29, 1.82) is 0 Å². The van der Waals surface area contributed by atoms with Gasteiger partial charge >= 0.3 is 5.97 Å². The summed E-state index contributed by atoms with van der Waals surface area (Å²) in [6.07, 6.45) is 3.03. The number of hydrogen-bond acceptors (Lipinski definition) is 4. The number of carbonyl (C=O) groups is 3. The minimum Gasteiger partial charge on any atom is -0.478 e. The Bertz CT molecular complexity index is 622. The Labute approximate surface area is 125 Å². The molecule has 0 aliphatic carbocycles. The van der Waals surface area contributed by atoms with Crippen molar-refractivity contribution in [2.75, 3.05) is 13.1 Å². The van der Waals surface area contributed by atoms with Crippen LogP contribution in [0.3, 0.4) is 0 Å². The number of nitrogens with two attached hydrogens (primary N) is 1. The fourth-order valence-electron chi connectivity index (χ4n) is 2.22. The molecule has 21 heavy (non-hydrogen) atoms. The van der Waals surface area contributed by atoms with Gasteiger partial charge in [-0.3, -0.25) is 9.59 Å². The second kappa shape index (κ2) is 5.69. The summed E-state index contributed by atoms with van der Waals surface area (Å²) in [6.45, 7) is 2.57. The van der Waals surface area contributed by atoms with Gasteiger partial charge in [-0.2, -0.15) is 0 Å². The van der Waals surface area contributed by atoms with Crippen molar-refractivity contribution in [3.05, 3.63) is 28.0 Å². The number of rotatable bonds is 4. The van der Waals surface area contributed by atoms with Gasteiger partial charge in [-0.1, -0.05) is 0 Å². The zero-order valence-corrected chi connectivity index (χ0v) is 12.4. The lowest BCUT2D eigenvalue weighted by molar-refractivity contribution is -0.131. The molecule has 0 radical (unpaired) electrons. The van der Waals surface area contributed by atoms with E-state index in [0.717, 1.165) is 6.08 Å². The molecule has 2 heterocycles. The first-order chi connectivity index (χ1) is 9.82. The predicted molar refractivity (Wildman–Crippen MR) is 78.8 cm³/mol. The number of aliphatic carboxylic acids is 1. The molecule has 0 saturated carbocycles. The first-order valence-electron chi connectivity index (χ1n) is 6.40. The summed E-state index contributed by atoms with van der Waals surface area (Å²) in [5, 5.41) is 10.3. The molecule has 3 N–H and O–H groups in total. The molecular formula is C14H16N2O4S. The molecular weight excluding hydrogens is 292 g/mol. The fraction of sp³-hybridized carbons (Fsp3) is 0.357. The number of hydrogen-bond donors (Lipinski definition) is 2. The van der Waals surface area contributed by atoms with Gasteiger partial charge < -0.3 is 15.7 Å². The van der Waals surface area contributed by atoms with Crippen LogP contribution in [0.4, 0.5) is 0 Å². The SMILES string of the molecule is CC1(C(N)=O)CCN(C(=O)c2csc(/C=C/C(=O)O)c2)C1. The number of thiophene rings is 1. The van der Waals surface area contributed by atoms with Crippen molar-refractivity contribution in [2.24, 2.45) is 11.1 Å². The monoisotopic (exact) mass is 308 g/mol. The van der Waals surface area contributed by atoms with E-state index in [1.54, 1.807) is 23.3 Å². The Hall–Kier alpha value is -2.15. The minimum absolute atomic E-state index is 0.161. The van der Waals surface area contributed by atoms with Crippen molar-refractivity contribution in [1.82, 2.24) is 4.90 Å². The molecule has 6 nitrogen and oxygen atoms in total. The molecule has 0 spiro atoms. The van der Waals surface area contributed by atoms with Gasteiger partial charge in [0.15, 0.2) is 0 Å². The number of carboxylic acids is 1. The lowest BCUT2D eigenvalue weighted by Gasteiger charge is -2.20. The number of nitrogens with zero attached hydrogens (tertiary/aromatic N) is 1. The molecule has 112 valence electrons. The zero-order chi connectivity index (χ0) is 15.6. The maximum atomic E-state index is 12.3. The highest BCUT2D eigenvalue weighted by molar-refractivity contribution is 7.11. The molecule has 1 saturated heterocycles. The van der Waals surface area contributed by atoms with Crippen molar-refractivity contribution in [3.8, 4) is 0 Å². The first kappa shape index (κ1) is 15.2. The molecule has 1 aromatic rings. The second-order valence-corrected chi connectivity index (χ2v) is 6.25. The van der Waals surface area contributed by atoms with Crippen LogP contribution in [-0.2, 0) is 9.59 Å². The predicted octanol–water partition coefficient (Wildman–Crippen LogP) is 1.18. The Kier molecular flexibility index (Phi) is 4.13. The van der Waals surface area contributed by atoms with Crippen molar-refractivity contribution in [2.45, 2.75) is 13.3 Å². The zero-order valence-electron chi connectivity index (χ0n) is 11.5. The third-order valence-corrected chi connectivity index (χ3v) is 4.51. The Morgan fingerprint density at radius 2 is 2.19 bits per heavy atom. The normalized spacial score (nSPS) is 21.9. The molecule has 0 bridgehead atoms. The summed E-state index contributed by atoms with van der Waals surface area (Å²) < 4.78 is 0. The second-order valence-electron chi connectivity index (χ2n) is 5.31. The third-order valence-electron chi connectivity index (χ3n) is 3.61. The highest BCUT2D eigenvalue weighted by Gasteiger charge is 2.40. The van der Waals surface area contributed by atoms with Crippen LogP contribution in [0.1, 0.15) is 28.6 Å². The topological polar surface area (TPSA) is 101 Å². The molecule has 2 rings (SSSR count). The quantitative estimate of drug-likeness (QED) is 0.816. The van der Waals surface area contributed by atoms with Crippen LogP contribution in [0.25, 0.3) is 6.08 Å². The van der Waals surface area contributed by atoms with Gasteiger partial charge in [0.05, 0.1) is 11.0 Å². The highest BCUT2D eigenvalue weighted by atomic mass is 32.1. The van der Waals surface area contributed by atoms with Crippen molar-refractivity contribution in [3.63, 3.8) is 0 Å².